The standard InChI is InChI=1S/C38H34N6O4S/c1-43(2)17-8-15-37(46)42-32-12-7-11-29(23-32)36(45)21-28-10-6-9-27(19-28)20-33-24-35(41-26-40-33)31-22-30-16-18-44(38(30)39-25-31)49(47,48)34-13-4-3-5-14-34/h3-16,18-19,22-26H,17,20-21H2,1-2H3,(H,42,46)/b15-8+. The van der Waals surface area contributed by atoms with Gasteiger partial charge in [0.15, 0.2) is 11.4 Å². The van der Waals surface area contributed by atoms with Crippen LogP contribution in [0.1, 0.15) is 27.2 Å². The number of rotatable bonds is 12. The van der Waals surface area contributed by atoms with Gasteiger partial charge < -0.3 is 10.2 Å². The summed E-state index contributed by atoms with van der Waals surface area (Å²) in [6, 6.07) is 28.5. The molecule has 1 amide bonds. The third-order valence-corrected chi connectivity index (χ3v) is 9.43. The van der Waals surface area contributed by atoms with Crippen molar-refractivity contribution in [3.8, 4) is 11.3 Å². The summed E-state index contributed by atoms with van der Waals surface area (Å²) in [7, 11) is 0.0532. The zero-order valence-electron chi connectivity index (χ0n) is 27.0. The number of carbonyl (C=O) groups excluding carboxylic acids is 2. The van der Waals surface area contributed by atoms with Crippen LogP contribution in [0.4, 0.5) is 5.69 Å². The van der Waals surface area contributed by atoms with Crippen molar-refractivity contribution in [2.45, 2.75) is 17.7 Å². The van der Waals surface area contributed by atoms with Gasteiger partial charge in [0.05, 0.1) is 10.6 Å². The van der Waals surface area contributed by atoms with E-state index in [1.165, 1.54) is 22.6 Å². The van der Waals surface area contributed by atoms with Crippen LogP contribution in [0.3, 0.4) is 0 Å². The van der Waals surface area contributed by atoms with Crippen LogP contribution in [-0.4, -0.2) is 64.6 Å². The number of fused-ring (bicyclic) bond motifs is 1. The lowest BCUT2D eigenvalue weighted by atomic mass is 9.99. The fourth-order valence-corrected chi connectivity index (χ4v) is 6.69. The number of anilines is 1. The van der Waals surface area contributed by atoms with E-state index in [9.17, 15) is 18.0 Å². The number of hydrogen-bond donors (Lipinski definition) is 1. The highest BCUT2D eigenvalue weighted by Gasteiger charge is 2.20. The number of ketones is 1. The first-order chi connectivity index (χ1) is 23.7. The third kappa shape index (κ3) is 8.03. The molecule has 0 saturated heterocycles. The zero-order chi connectivity index (χ0) is 34.4. The second-order valence-corrected chi connectivity index (χ2v) is 13.6. The highest BCUT2D eigenvalue weighted by atomic mass is 32.2. The first-order valence-electron chi connectivity index (χ1n) is 15.6. The molecule has 0 aliphatic carbocycles. The Hall–Kier alpha value is -5.78. The van der Waals surface area contributed by atoms with Gasteiger partial charge in [0, 0.05) is 65.8 Å². The van der Waals surface area contributed by atoms with Gasteiger partial charge in [0.25, 0.3) is 10.0 Å². The van der Waals surface area contributed by atoms with E-state index in [0.29, 0.717) is 40.9 Å². The van der Waals surface area contributed by atoms with Gasteiger partial charge in [-0.3, -0.25) is 9.59 Å². The van der Waals surface area contributed by atoms with Gasteiger partial charge in [-0.2, -0.15) is 0 Å². The molecule has 0 atom stereocenters. The Morgan fingerprint density at radius 3 is 2.47 bits per heavy atom. The molecule has 246 valence electrons. The van der Waals surface area contributed by atoms with Crippen LogP contribution in [0.2, 0.25) is 0 Å². The molecule has 0 radical (unpaired) electrons. The molecule has 6 rings (SSSR count). The summed E-state index contributed by atoms with van der Waals surface area (Å²) < 4.78 is 27.6. The Balaban J connectivity index is 1.14. The average Bonchev–Trinajstić information content (AvgIpc) is 3.53. The van der Waals surface area contributed by atoms with Crippen LogP contribution >= 0.6 is 0 Å². The molecule has 0 aliphatic heterocycles. The molecular formula is C38H34N6O4S. The maximum atomic E-state index is 13.2. The molecule has 0 aliphatic rings. The molecule has 0 bridgehead atoms. The van der Waals surface area contributed by atoms with Crippen LogP contribution < -0.4 is 5.32 Å². The molecule has 0 fully saturated rings. The summed E-state index contributed by atoms with van der Waals surface area (Å²) in [4.78, 5) is 41.0. The summed E-state index contributed by atoms with van der Waals surface area (Å²) >= 11 is 0. The van der Waals surface area contributed by atoms with E-state index in [4.69, 9.17) is 0 Å². The minimum atomic E-state index is -3.79. The summed E-state index contributed by atoms with van der Waals surface area (Å²) in [6.45, 7) is 0.651. The number of aromatic nitrogens is 4. The molecule has 1 N–H and O–H groups in total. The van der Waals surface area contributed by atoms with Gasteiger partial charge >= 0.3 is 0 Å². The minimum Gasteiger partial charge on any atom is -0.322 e. The summed E-state index contributed by atoms with van der Waals surface area (Å²) in [5, 5.41) is 3.48. The van der Waals surface area contributed by atoms with E-state index in [-0.39, 0.29) is 23.0 Å². The lowest BCUT2D eigenvalue weighted by molar-refractivity contribution is -0.111. The maximum Gasteiger partial charge on any atom is 0.269 e. The third-order valence-electron chi connectivity index (χ3n) is 7.75. The van der Waals surface area contributed by atoms with Gasteiger partial charge in [0.1, 0.15) is 6.33 Å². The van der Waals surface area contributed by atoms with E-state index >= 15 is 0 Å². The van der Waals surface area contributed by atoms with Crippen molar-refractivity contribution < 1.29 is 18.0 Å². The van der Waals surface area contributed by atoms with Gasteiger partial charge in [0.2, 0.25) is 5.91 Å². The monoisotopic (exact) mass is 670 g/mol. The number of Topliss-reactive ketones (excluding diaryl/α,β-unsaturated/α-hetero) is 1. The molecule has 10 nitrogen and oxygen atoms in total. The fraction of sp³-hybridized carbons (Fsp3) is 0.132. The van der Waals surface area contributed by atoms with Gasteiger partial charge in [-0.05, 0) is 67.7 Å². The summed E-state index contributed by atoms with van der Waals surface area (Å²) in [6.07, 6.45) is 8.59. The number of nitrogens with zero attached hydrogens (tertiary/aromatic N) is 5. The molecule has 3 aromatic carbocycles. The number of likely N-dealkylation sites (N-methyl/N-ethyl adjacent to an activating group) is 1. The second-order valence-electron chi connectivity index (χ2n) is 11.8. The van der Waals surface area contributed by atoms with Crippen molar-refractivity contribution in [1.29, 1.82) is 0 Å². The first-order valence-corrected chi connectivity index (χ1v) is 17.0. The smallest absolute Gasteiger partial charge is 0.269 e. The van der Waals surface area contributed by atoms with Gasteiger partial charge in [-0.1, -0.05) is 60.7 Å². The largest absolute Gasteiger partial charge is 0.322 e. The maximum absolute atomic E-state index is 13.2. The van der Waals surface area contributed by atoms with E-state index in [2.05, 4.69) is 20.3 Å². The summed E-state index contributed by atoms with van der Waals surface area (Å²) in [5.74, 6) is -0.314. The molecule has 6 aromatic rings. The molecule has 3 aromatic heterocycles. The van der Waals surface area contributed by atoms with Gasteiger partial charge in [-0.25, -0.2) is 27.3 Å². The van der Waals surface area contributed by atoms with Crippen molar-refractivity contribution in [3.05, 3.63) is 150 Å². The van der Waals surface area contributed by atoms with Crippen molar-refractivity contribution in [1.82, 2.24) is 23.8 Å². The van der Waals surface area contributed by atoms with Crippen molar-refractivity contribution in [3.63, 3.8) is 0 Å². The second kappa shape index (κ2) is 14.5. The average molecular weight is 671 g/mol. The predicted octanol–water partition coefficient (Wildman–Crippen LogP) is 5.80. The molecule has 3 heterocycles. The summed E-state index contributed by atoms with van der Waals surface area (Å²) in [5.41, 5.74) is 5.42. The number of nitrogens with one attached hydrogen (secondary N) is 1. The number of amides is 1. The van der Waals surface area contributed by atoms with E-state index in [1.54, 1.807) is 72.9 Å². The van der Waals surface area contributed by atoms with Crippen LogP contribution in [0, 0.1) is 0 Å². The van der Waals surface area contributed by atoms with Crippen molar-refractivity contribution >= 4 is 38.4 Å². The van der Waals surface area contributed by atoms with Crippen molar-refractivity contribution in [2.75, 3.05) is 26.0 Å². The highest BCUT2D eigenvalue weighted by Crippen LogP contribution is 2.26. The molecular weight excluding hydrogens is 637 g/mol. The Morgan fingerprint density at radius 1 is 0.857 bits per heavy atom. The first kappa shape index (κ1) is 33.1. The number of pyridine rings is 1. The van der Waals surface area contributed by atoms with Gasteiger partial charge in [-0.15, -0.1) is 0 Å². The lowest BCUT2D eigenvalue weighted by Gasteiger charge is -2.09. The zero-order valence-corrected chi connectivity index (χ0v) is 27.8. The number of hydrogen-bond acceptors (Lipinski definition) is 8. The minimum absolute atomic E-state index is 0.0611. The van der Waals surface area contributed by atoms with Crippen LogP contribution in [0.25, 0.3) is 22.3 Å². The normalized spacial score (nSPS) is 11.7. The van der Waals surface area contributed by atoms with E-state index in [1.807, 2.05) is 55.4 Å². The van der Waals surface area contributed by atoms with Crippen LogP contribution in [0.15, 0.2) is 133 Å². The highest BCUT2D eigenvalue weighted by molar-refractivity contribution is 7.90. The molecule has 0 spiro atoms. The Bertz CT molecular complexity index is 2280. The van der Waals surface area contributed by atoms with Crippen LogP contribution in [0.5, 0.6) is 0 Å². The molecule has 49 heavy (non-hydrogen) atoms. The molecule has 0 saturated carbocycles. The molecule has 11 heteroatoms. The Morgan fingerprint density at radius 2 is 1.65 bits per heavy atom. The Labute approximate surface area is 284 Å². The van der Waals surface area contributed by atoms with Crippen molar-refractivity contribution in [2.24, 2.45) is 0 Å². The quantitative estimate of drug-likeness (QED) is 0.128. The Kier molecular flexibility index (Phi) is 9.84. The molecule has 0 unspecified atom stereocenters. The van der Waals surface area contributed by atoms with Crippen LogP contribution in [-0.2, 0) is 27.7 Å². The van der Waals surface area contributed by atoms with E-state index in [0.717, 1.165) is 22.4 Å². The fourth-order valence-electron chi connectivity index (χ4n) is 5.36. The predicted molar refractivity (Wildman–Crippen MR) is 190 cm³/mol. The van der Waals surface area contributed by atoms with E-state index < -0.39 is 10.0 Å². The number of benzene rings is 3. The topological polar surface area (TPSA) is 127 Å². The lowest BCUT2D eigenvalue weighted by Crippen LogP contribution is -2.13. The SMILES string of the molecule is CN(C)C/C=C/C(=O)Nc1cccc(C(=O)Cc2cccc(Cc3cc(-c4cnc5c(ccn5S(=O)(=O)c5ccccc5)c4)ncn3)c2)c1. The number of carbonyl (C=O) groups is 2.